The molecule has 0 spiro atoms. The van der Waals surface area contributed by atoms with E-state index in [1.165, 1.54) is 23.9 Å². The molecule has 138 valence electrons. The first kappa shape index (κ1) is 17.9. The molecule has 0 aliphatic heterocycles. The number of nitrogens with zero attached hydrogens (tertiary/aromatic N) is 1. The average molecular weight is 382 g/mol. The molecular formula is C21H19FN2O2S. The van der Waals surface area contributed by atoms with E-state index in [4.69, 9.17) is 0 Å². The van der Waals surface area contributed by atoms with Gasteiger partial charge in [0.2, 0.25) is 0 Å². The standard InChI is InChI=1S/C21H19FN2O2S/c22-14-5-3-4-13(10-14)19(25)12-27-20-11-17(21(26)23-15-8-9-15)16-6-1-2-7-18(16)24-20/h1-7,10-11,15,19,25H,8-9,12H2,(H,23,26). The highest BCUT2D eigenvalue weighted by molar-refractivity contribution is 7.99. The highest BCUT2D eigenvalue weighted by atomic mass is 32.2. The molecule has 1 atom stereocenters. The van der Waals surface area contributed by atoms with E-state index >= 15 is 0 Å². The minimum Gasteiger partial charge on any atom is -0.388 e. The highest BCUT2D eigenvalue weighted by Crippen LogP contribution is 2.28. The lowest BCUT2D eigenvalue weighted by molar-refractivity contribution is 0.0952. The number of aliphatic hydroxyl groups is 1. The van der Waals surface area contributed by atoms with Gasteiger partial charge in [0.25, 0.3) is 5.91 Å². The number of hydrogen-bond donors (Lipinski definition) is 2. The van der Waals surface area contributed by atoms with Crippen molar-refractivity contribution >= 4 is 28.6 Å². The van der Waals surface area contributed by atoms with Crippen molar-refractivity contribution in [3.63, 3.8) is 0 Å². The number of para-hydroxylation sites is 1. The van der Waals surface area contributed by atoms with Gasteiger partial charge in [-0.05, 0) is 42.7 Å². The van der Waals surface area contributed by atoms with Crippen molar-refractivity contribution < 1.29 is 14.3 Å². The third kappa shape index (κ3) is 4.28. The predicted molar refractivity (Wildman–Crippen MR) is 104 cm³/mol. The smallest absolute Gasteiger partial charge is 0.252 e. The van der Waals surface area contributed by atoms with Crippen molar-refractivity contribution in [2.75, 3.05) is 5.75 Å². The van der Waals surface area contributed by atoms with E-state index in [1.54, 1.807) is 18.2 Å². The number of benzene rings is 2. The summed E-state index contributed by atoms with van der Waals surface area (Å²) in [6, 6.07) is 15.5. The molecule has 1 aliphatic carbocycles. The topological polar surface area (TPSA) is 62.2 Å². The zero-order valence-corrected chi connectivity index (χ0v) is 15.4. The van der Waals surface area contributed by atoms with Gasteiger partial charge >= 0.3 is 0 Å². The van der Waals surface area contributed by atoms with Crippen LogP contribution in [0, 0.1) is 5.82 Å². The summed E-state index contributed by atoms with van der Waals surface area (Å²) in [4.78, 5) is 17.2. The van der Waals surface area contributed by atoms with Crippen LogP contribution in [-0.2, 0) is 0 Å². The summed E-state index contributed by atoms with van der Waals surface area (Å²) in [5, 5.41) is 14.8. The fraction of sp³-hybridized carbons (Fsp3) is 0.238. The summed E-state index contributed by atoms with van der Waals surface area (Å²) in [5.74, 6) is -0.151. The van der Waals surface area contributed by atoms with Crippen LogP contribution in [0.2, 0.25) is 0 Å². The molecule has 0 bridgehead atoms. The summed E-state index contributed by atoms with van der Waals surface area (Å²) < 4.78 is 13.3. The van der Waals surface area contributed by atoms with Gasteiger partial charge < -0.3 is 10.4 Å². The van der Waals surface area contributed by atoms with E-state index in [2.05, 4.69) is 10.3 Å². The van der Waals surface area contributed by atoms with Crippen LogP contribution in [0.1, 0.15) is 34.9 Å². The molecule has 2 aromatic carbocycles. The number of carbonyl (C=O) groups is 1. The third-order valence-corrected chi connectivity index (χ3v) is 5.46. The van der Waals surface area contributed by atoms with Crippen molar-refractivity contribution in [3.05, 3.63) is 71.5 Å². The Morgan fingerprint density at radius 3 is 2.81 bits per heavy atom. The largest absolute Gasteiger partial charge is 0.388 e. The molecule has 1 unspecified atom stereocenters. The molecule has 27 heavy (non-hydrogen) atoms. The molecule has 2 N–H and O–H groups in total. The molecular weight excluding hydrogens is 363 g/mol. The Balaban J connectivity index is 1.57. The Kier molecular flexibility index (Phi) is 5.09. The minimum atomic E-state index is -0.817. The summed E-state index contributed by atoms with van der Waals surface area (Å²) in [7, 11) is 0. The number of fused-ring (bicyclic) bond motifs is 1. The summed E-state index contributed by atoms with van der Waals surface area (Å²) in [6.45, 7) is 0. The van der Waals surface area contributed by atoms with Crippen LogP contribution in [0.15, 0.2) is 59.6 Å². The second-order valence-corrected chi connectivity index (χ2v) is 7.70. The normalized spacial score (nSPS) is 14.9. The molecule has 1 heterocycles. The number of nitrogens with one attached hydrogen (secondary N) is 1. The van der Waals surface area contributed by atoms with Crippen molar-refractivity contribution in [1.29, 1.82) is 0 Å². The number of amides is 1. The molecule has 1 aromatic heterocycles. The zero-order valence-electron chi connectivity index (χ0n) is 14.6. The number of pyridine rings is 1. The molecule has 1 aliphatic rings. The Hall–Kier alpha value is -2.44. The maximum Gasteiger partial charge on any atom is 0.252 e. The Morgan fingerprint density at radius 2 is 2.04 bits per heavy atom. The predicted octanol–water partition coefficient (Wildman–Crippen LogP) is 4.09. The van der Waals surface area contributed by atoms with Gasteiger partial charge in [0.15, 0.2) is 0 Å². The Bertz CT molecular complexity index is 991. The number of halogens is 1. The minimum absolute atomic E-state index is 0.0939. The van der Waals surface area contributed by atoms with E-state index in [0.717, 1.165) is 23.7 Å². The maximum absolute atomic E-state index is 13.3. The lowest BCUT2D eigenvalue weighted by Crippen LogP contribution is -2.25. The summed E-state index contributed by atoms with van der Waals surface area (Å²) in [6.07, 6.45) is 1.23. The van der Waals surface area contributed by atoms with E-state index in [1.807, 2.05) is 24.3 Å². The van der Waals surface area contributed by atoms with E-state index in [9.17, 15) is 14.3 Å². The fourth-order valence-corrected chi connectivity index (χ4v) is 3.76. The second kappa shape index (κ2) is 7.66. The Morgan fingerprint density at radius 1 is 1.22 bits per heavy atom. The molecule has 1 saturated carbocycles. The number of rotatable bonds is 6. The van der Waals surface area contributed by atoms with E-state index in [0.29, 0.717) is 21.9 Å². The van der Waals surface area contributed by atoms with Gasteiger partial charge in [0.05, 0.1) is 22.2 Å². The first-order valence-electron chi connectivity index (χ1n) is 8.87. The number of aromatic nitrogens is 1. The van der Waals surface area contributed by atoms with Gasteiger partial charge in [0.1, 0.15) is 5.82 Å². The number of aliphatic hydroxyl groups excluding tert-OH is 1. The van der Waals surface area contributed by atoms with Crippen molar-refractivity contribution in [2.24, 2.45) is 0 Å². The van der Waals surface area contributed by atoms with Crippen LogP contribution < -0.4 is 5.32 Å². The molecule has 4 rings (SSSR count). The van der Waals surface area contributed by atoms with Crippen LogP contribution >= 0.6 is 11.8 Å². The molecule has 0 saturated heterocycles. The lowest BCUT2D eigenvalue weighted by atomic mass is 10.1. The van der Waals surface area contributed by atoms with Crippen LogP contribution in [0.3, 0.4) is 0 Å². The lowest BCUT2D eigenvalue weighted by Gasteiger charge is -2.12. The number of carbonyl (C=O) groups excluding carboxylic acids is 1. The van der Waals surface area contributed by atoms with Gasteiger partial charge in [-0.15, -0.1) is 11.8 Å². The monoisotopic (exact) mass is 382 g/mol. The van der Waals surface area contributed by atoms with Gasteiger partial charge in [-0.3, -0.25) is 4.79 Å². The molecule has 3 aromatic rings. The first-order chi connectivity index (χ1) is 13.1. The maximum atomic E-state index is 13.3. The van der Waals surface area contributed by atoms with Gasteiger partial charge in [-0.2, -0.15) is 0 Å². The van der Waals surface area contributed by atoms with Crippen molar-refractivity contribution in [3.8, 4) is 0 Å². The van der Waals surface area contributed by atoms with E-state index in [-0.39, 0.29) is 17.8 Å². The van der Waals surface area contributed by atoms with Gasteiger partial charge in [-0.1, -0.05) is 30.3 Å². The van der Waals surface area contributed by atoms with Crippen molar-refractivity contribution in [2.45, 2.75) is 30.0 Å². The van der Waals surface area contributed by atoms with Crippen LogP contribution in [0.5, 0.6) is 0 Å². The Labute approximate surface area is 160 Å². The third-order valence-electron chi connectivity index (χ3n) is 4.47. The molecule has 0 radical (unpaired) electrons. The van der Waals surface area contributed by atoms with Gasteiger partial charge in [0, 0.05) is 17.2 Å². The van der Waals surface area contributed by atoms with Crippen LogP contribution in [0.4, 0.5) is 4.39 Å². The van der Waals surface area contributed by atoms with Crippen LogP contribution in [-0.4, -0.2) is 27.8 Å². The molecule has 4 nitrogen and oxygen atoms in total. The first-order valence-corrected chi connectivity index (χ1v) is 9.86. The number of hydrogen-bond acceptors (Lipinski definition) is 4. The molecule has 6 heteroatoms. The fourth-order valence-electron chi connectivity index (χ4n) is 2.88. The highest BCUT2D eigenvalue weighted by Gasteiger charge is 2.25. The van der Waals surface area contributed by atoms with E-state index < -0.39 is 6.10 Å². The van der Waals surface area contributed by atoms with Gasteiger partial charge in [-0.25, -0.2) is 9.37 Å². The quantitative estimate of drug-likeness (QED) is 0.631. The van der Waals surface area contributed by atoms with Crippen LogP contribution in [0.25, 0.3) is 10.9 Å². The SMILES string of the molecule is O=C(NC1CC1)c1cc(SCC(O)c2cccc(F)c2)nc2ccccc12. The summed E-state index contributed by atoms with van der Waals surface area (Å²) >= 11 is 1.35. The van der Waals surface area contributed by atoms with Crippen molar-refractivity contribution in [1.82, 2.24) is 10.3 Å². The second-order valence-electron chi connectivity index (χ2n) is 6.65. The average Bonchev–Trinajstić information content (AvgIpc) is 3.49. The summed E-state index contributed by atoms with van der Waals surface area (Å²) in [5.41, 5.74) is 1.86. The zero-order chi connectivity index (χ0) is 18.8. The molecule has 1 fully saturated rings. The molecule has 1 amide bonds. The number of thioether (sulfide) groups is 1.